The number of benzene rings is 2. The summed E-state index contributed by atoms with van der Waals surface area (Å²) >= 11 is 0. The predicted molar refractivity (Wildman–Crippen MR) is 122 cm³/mol. The summed E-state index contributed by atoms with van der Waals surface area (Å²) in [5.41, 5.74) is 3.23. The number of carbonyl (C=O) groups excluding carboxylic acids is 2. The highest BCUT2D eigenvalue weighted by Crippen LogP contribution is 2.65. The predicted octanol–water partition coefficient (Wildman–Crippen LogP) is 4.08. The Hall–Kier alpha value is -3.47. The van der Waals surface area contributed by atoms with Gasteiger partial charge in [-0.1, -0.05) is 60.7 Å². The van der Waals surface area contributed by atoms with E-state index in [2.05, 4.69) is 52.3 Å². The van der Waals surface area contributed by atoms with Crippen LogP contribution in [0.15, 0.2) is 78.0 Å². The Morgan fingerprint density at radius 2 is 1.53 bits per heavy atom. The Morgan fingerprint density at radius 3 is 2.25 bits per heavy atom. The number of imide groups is 1. The molecule has 8 rings (SSSR count). The third kappa shape index (κ3) is 2.48. The van der Waals surface area contributed by atoms with Gasteiger partial charge in [-0.15, -0.1) is 0 Å². The molecule has 5 nitrogen and oxygen atoms in total. The number of carbonyl (C=O) groups is 2. The minimum absolute atomic E-state index is 0.117. The fourth-order valence-electron chi connectivity index (χ4n) is 6.46. The minimum atomic E-state index is -0.210. The van der Waals surface area contributed by atoms with Crippen LogP contribution < -0.4 is 0 Å². The molecule has 32 heavy (non-hydrogen) atoms. The summed E-state index contributed by atoms with van der Waals surface area (Å²) in [4.78, 5) is 26.4. The molecule has 2 saturated carbocycles. The number of hydrazone groups is 1. The van der Waals surface area contributed by atoms with Gasteiger partial charge in [-0.05, 0) is 41.7 Å². The summed E-state index contributed by atoms with van der Waals surface area (Å²) < 4.78 is 2.19. The normalized spacial score (nSPS) is 32.2. The van der Waals surface area contributed by atoms with Gasteiger partial charge in [0.2, 0.25) is 0 Å². The van der Waals surface area contributed by atoms with Gasteiger partial charge < -0.3 is 4.57 Å². The molecule has 1 aromatic heterocycles. The van der Waals surface area contributed by atoms with Crippen molar-refractivity contribution < 1.29 is 9.59 Å². The molecule has 1 aliphatic heterocycles. The summed E-state index contributed by atoms with van der Waals surface area (Å²) in [6.45, 7) is 0.749. The maximum Gasteiger partial charge on any atom is 0.254 e. The molecule has 1 saturated heterocycles. The van der Waals surface area contributed by atoms with E-state index in [0.29, 0.717) is 11.8 Å². The standard InChI is InChI=1S/C27H23N3O2/c31-26-24-19-10-11-20(22-12-21(19)22)25(24)27(32)30(26)28-13-17-15-29(14-16-6-2-1-3-7-16)23-9-5-4-8-18(17)23/h1-11,13,15,19-22,24-25H,12,14H2/b28-13-/t19-,20-,21-,22-,24+,25+/m1/s1. The van der Waals surface area contributed by atoms with Crippen LogP contribution in [0.2, 0.25) is 0 Å². The van der Waals surface area contributed by atoms with Gasteiger partial charge in [0.1, 0.15) is 0 Å². The molecule has 3 aromatic rings. The zero-order chi connectivity index (χ0) is 21.4. The van der Waals surface area contributed by atoms with Crippen molar-refractivity contribution in [3.63, 3.8) is 0 Å². The molecule has 158 valence electrons. The molecule has 0 N–H and O–H groups in total. The summed E-state index contributed by atoms with van der Waals surface area (Å²) in [5.74, 6) is 0.989. The molecular weight excluding hydrogens is 398 g/mol. The van der Waals surface area contributed by atoms with Crippen molar-refractivity contribution in [2.75, 3.05) is 0 Å². The number of hydrogen-bond acceptors (Lipinski definition) is 3. The smallest absolute Gasteiger partial charge is 0.254 e. The van der Waals surface area contributed by atoms with E-state index in [9.17, 15) is 9.59 Å². The molecule has 5 aliphatic rings. The summed E-state index contributed by atoms with van der Waals surface area (Å²) in [5, 5.41) is 6.68. The van der Waals surface area contributed by atoms with E-state index in [1.807, 2.05) is 30.3 Å². The number of nitrogens with zero attached hydrogens (tertiary/aromatic N) is 3. The number of para-hydroxylation sites is 1. The lowest BCUT2D eigenvalue weighted by atomic mass is 9.63. The maximum atomic E-state index is 13.2. The van der Waals surface area contributed by atoms with E-state index in [1.54, 1.807) is 6.21 Å². The Bertz CT molecular complexity index is 1290. The molecule has 0 radical (unpaired) electrons. The molecule has 2 aromatic carbocycles. The second kappa shape index (κ2) is 6.52. The van der Waals surface area contributed by atoms with E-state index in [0.717, 1.165) is 28.0 Å². The van der Waals surface area contributed by atoms with Crippen LogP contribution in [0.25, 0.3) is 10.9 Å². The third-order valence-corrected chi connectivity index (χ3v) is 7.97. The average molecular weight is 422 g/mol. The van der Waals surface area contributed by atoms with Crippen molar-refractivity contribution in [3.05, 3.63) is 84.1 Å². The van der Waals surface area contributed by atoms with E-state index >= 15 is 0 Å². The van der Waals surface area contributed by atoms with Gasteiger partial charge in [-0.25, -0.2) is 0 Å². The lowest BCUT2D eigenvalue weighted by Gasteiger charge is -2.37. The Labute approximate surface area is 186 Å². The summed E-state index contributed by atoms with van der Waals surface area (Å²) in [6, 6.07) is 18.5. The van der Waals surface area contributed by atoms with Crippen LogP contribution in [0.1, 0.15) is 17.5 Å². The fraction of sp³-hybridized carbons (Fsp3) is 0.296. The number of aromatic nitrogens is 1. The number of hydrogen-bond donors (Lipinski definition) is 0. The van der Waals surface area contributed by atoms with Crippen molar-refractivity contribution in [3.8, 4) is 0 Å². The Balaban J connectivity index is 1.21. The summed E-state index contributed by atoms with van der Waals surface area (Å²) in [6.07, 6.45) is 9.29. The number of allylic oxidation sites excluding steroid dienone is 2. The van der Waals surface area contributed by atoms with Crippen LogP contribution in [0.3, 0.4) is 0 Å². The van der Waals surface area contributed by atoms with Gasteiger partial charge in [-0.2, -0.15) is 10.1 Å². The first-order valence-corrected chi connectivity index (χ1v) is 11.4. The number of amides is 2. The van der Waals surface area contributed by atoms with E-state index in [-0.39, 0.29) is 35.5 Å². The highest BCUT2D eigenvalue weighted by Gasteiger charge is 2.67. The second-order valence-electron chi connectivity index (χ2n) is 9.60. The van der Waals surface area contributed by atoms with Crippen LogP contribution in [0, 0.1) is 35.5 Å². The molecule has 3 fully saturated rings. The Kier molecular flexibility index (Phi) is 3.69. The summed E-state index contributed by atoms with van der Waals surface area (Å²) in [7, 11) is 0. The molecule has 2 bridgehead atoms. The zero-order valence-corrected chi connectivity index (χ0v) is 17.5. The molecule has 6 atom stereocenters. The highest BCUT2D eigenvalue weighted by atomic mass is 16.2. The monoisotopic (exact) mass is 421 g/mol. The SMILES string of the molecule is O=C1[C@H]2[C@@H]3C=C[C@H]([C@H]4C[C@H]34)[C@@H]2C(=O)N1/N=C\c1cn(Cc2ccccc2)c2ccccc12. The first-order chi connectivity index (χ1) is 15.7. The molecule has 0 spiro atoms. The molecule has 5 heteroatoms. The first kappa shape index (κ1) is 18.1. The van der Waals surface area contributed by atoms with Crippen LogP contribution in [-0.4, -0.2) is 27.6 Å². The number of fused-ring (bicyclic) bond motifs is 1. The van der Waals surface area contributed by atoms with Gasteiger partial charge >= 0.3 is 0 Å². The number of rotatable bonds is 4. The van der Waals surface area contributed by atoms with Crippen LogP contribution >= 0.6 is 0 Å². The lowest BCUT2D eigenvalue weighted by molar-refractivity contribution is -0.140. The van der Waals surface area contributed by atoms with Crippen molar-refractivity contribution in [2.24, 2.45) is 40.6 Å². The molecular formula is C27H23N3O2. The molecule has 2 amide bonds. The van der Waals surface area contributed by atoms with Gasteiger partial charge in [0.15, 0.2) is 0 Å². The maximum absolute atomic E-state index is 13.2. The van der Waals surface area contributed by atoms with Gasteiger partial charge in [-0.3, -0.25) is 9.59 Å². The highest BCUT2D eigenvalue weighted by molar-refractivity contribution is 6.07. The van der Waals surface area contributed by atoms with Gasteiger partial charge in [0.05, 0.1) is 18.1 Å². The van der Waals surface area contributed by atoms with Crippen molar-refractivity contribution >= 4 is 28.9 Å². The third-order valence-electron chi connectivity index (χ3n) is 7.97. The van der Waals surface area contributed by atoms with Crippen LogP contribution in [0.4, 0.5) is 0 Å². The van der Waals surface area contributed by atoms with Gasteiger partial charge in [0.25, 0.3) is 11.8 Å². The quantitative estimate of drug-likeness (QED) is 0.362. The van der Waals surface area contributed by atoms with Crippen molar-refractivity contribution in [1.82, 2.24) is 9.58 Å². The topological polar surface area (TPSA) is 54.7 Å². The van der Waals surface area contributed by atoms with Crippen molar-refractivity contribution in [1.29, 1.82) is 0 Å². The van der Waals surface area contributed by atoms with E-state index in [4.69, 9.17) is 0 Å². The van der Waals surface area contributed by atoms with Crippen molar-refractivity contribution in [2.45, 2.75) is 13.0 Å². The van der Waals surface area contributed by atoms with Crippen LogP contribution in [0.5, 0.6) is 0 Å². The average Bonchev–Trinajstić information content (AvgIpc) is 3.54. The molecule has 4 aliphatic carbocycles. The van der Waals surface area contributed by atoms with E-state index < -0.39 is 0 Å². The lowest BCUT2D eigenvalue weighted by Crippen LogP contribution is -2.40. The zero-order valence-electron chi connectivity index (χ0n) is 17.5. The first-order valence-electron chi connectivity index (χ1n) is 11.4. The molecule has 0 unspecified atom stereocenters. The molecule has 2 heterocycles. The minimum Gasteiger partial charge on any atom is -0.342 e. The van der Waals surface area contributed by atoms with E-state index in [1.165, 1.54) is 12.0 Å². The Morgan fingerprint density at radius 1 is 0.875 bits per heavy atom. The van der Waals surface area contributed by atoms with Gasteiger partial charge in [0, 0.05) is 29.2 Å². The fourth-order valence-corrected chi connectivity index (χ4v) is 6.46. The second-order valence-corrected chi connectivity index (χ2v) is 9.60. The van der Waals surface area contributed by atoms with Crippen LogP contribution in [-0.2, 0) is 16.1 Å². The largest absolute Gasteiger partial charge is 0.342 e.